The van der Waals surface area contributed by atoms with Crippen LogP contribution in [0.5, 0.6) is 0 Å². The third kappa shape index (κ3) is 4.09. The summed E-state index contributed by atoms with van der Waals surface area (Å²) in [6.07, 6.45) is 4.68. The second-order valence-corrected chi connectivity index (χ2v) is 4.81. The van der Waals surface area contributed by atoms with E-state index < -0.39 is 0 Å². The molecular formula is C12H26N2O. The Morgan fingerprint density at radius 3 is 2.73 bits per heavy atom. The Morgan fingerprint density at radius 2 is 2.13 bits per heavy atom. The zero-order chi connectivity index (χ0) is 11.3. The molecule has 1 saturated heterocycles. The minimum absolute atomic E-state index is 0.169. The van der Waals surface area contributed by atoms with E-state index in [1.807, 2.05) is 14.0 Å². The van der Waals surface area contributed by atoms with Crippen LogP contribution < -0.4 is 5.32 Å². The maximum atomic E-state index is 9.32. The minimum atomic E-state index is -0.169. The molecule has 15 heavy (non-hydrogen) atoms. The van der Waals surface area contributed by atoms with E-state index in [0.29, 0.717) is 12.1 Å². The Labute approximate surface area is 93.9 Å². The number of likely N-dealkylation sites (tertiary alicyclic amines) is 1. The smallest absolute Gasteiger partial charge is 0.0524 e. The first kappa shape index (κ1) is 12.9. The fourth-order valence-electron chi connectivity index (χ4n) is 2.41. The van der Waals surface area contributed by atoms with Crippen LogP contribution in [0.3, 0.4) is 0 Å². The van der Waals surface area contributed by atoms with Crippen molar-refractivity contribution in [3.63, 3.8) is 0 Å². The zero-order valence-corrected chi connectivity index (χ0v) is 10.4. The number of hydrogen-bond acceptors (Lipinski definition) is 3. The third-order valence-electron chi connectivity index (χ3n) is 3.53. The average Bonchev–Trinajstić information content (AvgIpc) is 2.25. The number of aliphatic hydroxyl groups is 1. The lowest BCUT2D eigenvalue weighted by molar-refractivity contribution is 0.0944. The Balaban J connectivity index is 2.42. The quantitative estimate of drug-likeness (QED) is 0.722. The summed E-state index contributed by atoms with van der Waals surface area (Å²) in [5.41, 5.74) is 0. The number of aliphatic hydroxyl groups excluding tert-OH is 1. The molecule has 3 unspecified atom stereocenters. The first-order chi connectivity index (χ1) is 7.15. The molecule has 0 aromatic heterocycles. The lowest BCUT2D eigenvalue weighted by Crippen LogP contribution is -2.50. The maximum Gasteiger partial charge on any atom is 0.0524 e. The van der Waals surface area contributed by atoms with Crippen molar-refractivity contribution in [1.29, 1.82) is 0 Å². The summed E-state index contributed by atoms with van der Waals surface area (Å²) in [7, 11) is 2.03. The molecule has 1 aliphatic heterocycles. The Kier molecular flexibility index (Phi) is 5.58. The van der Waals surface area contributed by atoms with Gasteiger partial charge in [-0.25, -0.2) is 0 Å². The van der Waals surface area contributed by atoms with Crippen molar-refractivity contribution in [2.45, 2.75) is 57.7 Å². The molecule has 0 aromatic rings. The normalized spacial score (nSPS) is 27.6. The molecule has 0 amide bonds. The first-order valence-electron chi connectivity index (χ1n) is 6.24. The van der Waals surface area contributed by atoms with Gasteiger partial charge in [0.05, 0.1) is 6.10 Å². The van der Waals surface area contributed by atoms with Gasteiger partial charge in [-0.2, -0.15) is 0 Å². The number of nitrogens with one attached hydrogen (secondary N) is 1. The lowest BCUT2D eigenvalue weighted by Gasteiger charge is -2.39. The van der Waals surface area contributed by atoms with Gasteiger partial charge in [-0.3, -0.25) is 4.90 Å². The van der Waals surface area contributed by atoms with Gasteiger partial charge < -0.3 is 10.4 Å². The summed E-state index contributed by atoms with van der Waals surface area (Å²) in [6, 6.07) is 1.21. The summed E-state index contributed by atoms with van der Waals surface area (Å²) in [4.78, 5) is 2.54. The second-order valence-electron chi connectivity index (χ2n) is 4.81. The number of piperidine rings is 1. The van der Waals surface area contributed by atoms with Crippen LogP contribution in [0.15, 0.2) is 0 Å². The second kappa shape index (κ2) is 6.46. The fourth-order valence-corrected chi connectivity index (χ4v) is 2.41. The molecule has 3 atom stereocenters. The maximum absolute atomic E-state index is 9.32. The Bertz CT molecular complexity index is 173. The van der Waals surface area contributed by atoms with Crippen molar-refractivity contribution in [2.24, 2.45) is 0 Å². The van der Waals surface area contributed by atoms with Crippen LogP contribution in [0.4, 0.5) is 0 Å². The van der Waals surface area contributed by atoms with Crippen molar-refractivity contribution < 1.29 is 5.11 Å². The summed E-state index contributed by atoms with van der Waals surface area (Å²) in [5, 5.41) is 12.7. The molecule has 3 nitrogen and oxygen atoms in total. The molecule has 0 saturated carbocycles. The van der Waals surface area contributed by atoms with E-state index >= 15 is 0 Å². The molecule has 1 aliphatic rings. The summed E-state index contributed by atoms with van der Waals surface area (Å²) < 4.78 is 0. The van der Waals surface area contributed by atoms with Crippen LogP contribution in [0.25, 0.3) is 0 Å². The molecule has 1 heterocycles. The van der Waals surface area contributed by atoms with E-state index in [1.54, 1.807) is 0 Å². The molecule has 0 aromatic carbocycles. The van der Waals surface area contributed by atoms with Crippen LogP contribution in [0.1, 0.15) is 39.5 Å². The van der Waals surface area contributed by atoms with E-state index in [9.17, 15) is 5.11 Å². The lowest BCUT2D eigenvalue weighted by atomic mass is 9.96. The highest BCUT2D eigenvalue weighted by Gasteiger charge is 2.26. The monoisotopic (exact) mass is 214 g/mol. The standard InChI is InChI=1S/C12H26N2O/c1-10(15)7-9-14-8-5-4-6-12(14)11(2)13-3/h10-13,15H,4-9H2,1-3H3. The van der Waals surface area contributed by atoms with Gasteiger partial charge in [-0.15, -0.1) is 0 Å². The molecule has 0 aliphatic carbocycles. The highest BCUT2D eigenvalue weighted by Crippen LogP contribution is 2.20. The van der Waals surface area contributed by atoms with Gasteiger partial charge in [0.1, 0.15) is 0 Å². The SMILES string of the molecule is CNC(C)C1CCCCN1CCC(C)O. The molecule has 1 rings (SSSR count). The predicted octanol–water partition coefficient (Wildman–Crippen LogP) is 1.22. The van der Waals surface area contributed by atoms with Gasteiger partial charge in [0, 0.05) is 18.6 Å². The van der Waals surface area contributed by atoms with E-state index in [1.165, 1.54) is 25.8 Å². The zero-order valence-electron chi connectivity index (χ0n) is 10.4. The molecule has 0 radical (unpaired) electrons. The van der Waals surface area contributed by atoms with Crippen LogP contribution in [0, 0.1) is 0 Å². The van der Waals surface area contributed by atoms with Crippen LogP contribution in [0.2, 0.25) is 0 Å². The van der Waals surface area contributed by atoms with Gasteiger partial charge in [0.15, 0.2) is 0 Å². The number of hydrogen-bond donors (Lipinski definition) is 2. The summed E-state index contributed by atoms with van der Waals surface area (Å²) >= 11 is 0. The Morgan fingerprint density at radius 1 is 1.40 bits per heavy atom. The topological polar surface area (TPSA) is 35.5 Å². The van der Waals surface area contributed by atoms with Crippen molar-refractivity contribution >= 4 is 0 Å². The molecule has 90 valence electrons. The van der Waals surface area contributed by atoms with E-state index in [-0.39, 0.29) is 6.10 Å². The Hall–Kier alpha value is -0.120. The van der Waals surface area contributed by atoms with Crippen LogP contribution in [-0.4, -0.2) is 48.3 Å². The van der Waals surface area contributed by atoms with E-state index in [4.69, 9.17) is 0 Å². The van der Waals surface area contributed by atoms with Gasteiger partial charge in [0.2, 0.25) is 0 Å². The van der Waals surface area contributed by atoms with Gasteiger partial charge in [-0.05, 0) is 46.7 Å². The molecular weight excluding hydrogens is 188 g/mol. The van der Waals surface area contributed by atoms with Crippen molar-refractivity contribution in [1.82, 2.24) is 10.2 Å². The number of rotatable bonds is 5. The van der Waals surface area contributed by atoms with Gasteiger partial charge in [-0.1, -0.05) is 6.42 Å². The molecule has 0 bridgehead atoms. The largest absolute Gasteiger partial charge is 0.393 e. The highest BCUT2D eigenvalue weighted by molar-refractivity contribution is 4.84. The van der Waals surface area contributed by atoms with Gasteiger partial charge in [0.25, 0.3) is 0 Å². The first-order valence-corrected chi connectivity index (χ1v) is 6.24. The number of nitrogens with zero attached hydrogens (tertiary/aromatic N) is 1. The third-order valence-corrected chi connectivity index (χ3v) is 3.53. The molecule has 1 fully saturated rings. The van der Waals surface area contributed by atoms with Crippen LogP contribution in [-0.2, 0) is 0 Å². The fraction of sp³-hybridized carbons (Fsp3) is 1.00. The molecule has 3 heteroatoms. The molecule has 0 spiro atoms. The summed E-state index contributed by atoms with van der Waals surface area (Å²) in [6.45, 7) is 6.36. The van der Waals surface area contributed by atoms with Crippen molar-refractivity contribution in [3.8, 4) is 0 Å². The van der Waals surface area contributed by atoms with Gasteiger partial charge >= 0.3 is 0 Å². The predicted molar refractivity (Wildman–Crippen MR) is 64.0 cm³/mol. The highest BCUT2D eigenvalue weighted by atomic mass is 16.3. The van der Waals surface area contributed by atoms with E-state index in [2.05, 4.69) is 17.1 Å². The van der Waals surface area contributed by atoms with Crippen LogP contribution >= 0.6 is 0 Å². The average molecular weight is 214 g/mol. The van der Waals surface area contributed by atoms with Crippen molar-refractivity contribution in [3.05, 3.63) is 0 Å². The summed E-state index contributed by atoms with van der Waals surface area (Å²) in [5.74, 6) is 0. The van der Waals surface area contributed by atoms with E-state index in [0.717, 1.165) is 13.0 Å². The molecule has 2 N–H and O–H groups in total. The van der Waals surface area contributed by atoms with Crippen molar-refractivity contribution in [2.75, 3.05) is 20.1 Å². The number of likely N-dealkylation sites (N-methyl/N-ethyl adjacent to an activating group) is 1. The minimum Gasteiger partial charge on any atom is -0.393 e.